The van der Waals surface area contributed by atoms with Gasteiger partial charge in [0.1, 0.15) is 0 Å². The van der Waals surface area contributed by atoms with Gasteiger partial charge in [-0.2, -0.15) is 0 Å². The van der Waals surface area contributed by atoms with Gasteiger partial charge in [-0.1, -0.05) is 18.2 Å². The minimum atomic E-state index is 0.0357. The standard InChI is InChI=1S/C17H21NO3/c1-4-5-6-7-17(19)18-9-8-13-10-15(20-2)16(21-3)11-14(13)12-18/h4-7,10-11H,8-9,12H2,1-3H3/b5-4+,7-6+. The lowest BCUT2D eigenvalue weighted by atomic mass is 9.98. The minimum absolute atomic E-state index is 0.0357. The van der Waals surface area contributed by atoms with Gasteiger partial charge >= 0.3 is 0 Å². The van der Waals surface area contributed by atoms with Gasteiger partial charge in [-0.05, 0) is 36.6 Å². The minimum Gasteiger partial charge on any atom is -0.493 e. The molecular weight excluding hydrogens is 266 g/mol. The van der Waals surface area contributed by atoms with Crippen LogP contribution in [0, 0.1) is 0 Å². The largest absolute Gasteiger partial charge is 0.493 e. The predicted molar refractivity (Wildman–Crippen MR) is 82.6 cm³/mol. The number of methoxy groups -OCH3 is 2. The van der Waals surface area contributed by atoms with Crippen molar-refractivity contribution in [3.63, 3.8) is 0 Å². The summed E-state index contributed by atoms with van der Waals surface area (Å²) in [7, 11) is 3.25. The molecule has 1 aromatic rings. The molecule has 2 rings (SSSR count). The fourth-order valence-electron chi connectivity index (χ4n) is 2.43. The fourth-order valence-corrected chi connectivity index (χ4v) is 2.43. The van der Waals surface area contributed by atoms with Gasteiger partial charge in [-0.25, -0.2) is 0 Å². The Morgan fingerprint density at radius 2 is 1.81 bits per heavy atom. The molecule has 1 aromatic carbocycles. The second kappa shape index (κ2) is 6.97. The molecule has 0 atom stereocenters. The van der Waals surface area contributed by atoms with E-state index in [0.29, 0.717) is 12.3 Å². The average molecular weight is 287 g/mol. The molecule has 4 heteroatoms. The van der Waals surface area contributed by atoms with Gasteiger partial charge in [0.05, 0.1) is 14.2 Å². The number of carbonyl (C=O) groups is 1. The van der Waals surface area contributed by atoms with Gasteiger partial charge in [-0.15, -0.1) is 0 Å². The van der Waals surface area contributed by atoms with Crippen LogP contribution in [0.3, 0.4) is 0 Å². The van der Waals surface area contributed by atoms with Crippen molar-refractivity contribution in [3.8, 4) is 11.5 Å². The van der Waals surface area contributed by atoms with Crippen molar-refractivity contribution in [1.82, 2.24) is 4.90 Å². The van der Waals surface area contributed by atoms with Crippen molar-refractivity contribution in [3.05, 3.63) is 47.6 Å². The SMILES string of the molecule is C/C=C/C=C/C(=O)N1CCc2cc(OC)c(OC)cc2C1. The van der Waals surface area contributed by atoms with Gasteiger partial charge in [0.25, 0.3) is 0 Å². The van der Waals surface area contributed by atoms with Gasteiger partial charge < -0.3 is 14.4 Å². The Labute approximate surface area is 125 Å². The smallest absolute Gasteiger partial charge is 0.246 e. The molecule has 1 amide bonds. The quantitative estimate of drug-likeness (QED) is 0.631. The highest BCUT2D eigenvalue weighted by atomic mass is 16.5. The molecule has 0 radical (unpaired) electrons. The molecule has 4 nitrogen and oxygen atoms in total. The number of fused-ring (bicyclic) bond motifs is 1. The first-order chi connectivity index (χ1) is 10.2. The Balaban J connectivity index is 2.18. The summed E-state index contributed by atoms with van der Waals surface area (Å²) in [5.41, 5.74) is 2.33. The van der Waals surface area contributed by atoms with E-state index < -0.39 is 0 Å². The summed E-state index contributed by atoms with van der Waals surface area (Å²) in [6.45, 7) is 3.25. The summed E-state index contributed by atoms with van der Waals surface area (Å²) in [5.74, 6) is 1.48. The van der Waals surface area contributed by atoms with Crippen LogP contribution in [0.1, 0.15) is 18.1 Å². The van der Waals surface area contributed by atoms with Crippen LogP contribution >= 0.6 is 0 Å². The lowest BCUT2D eigenvalue weighted by Gasteiger charge is -2.28. The molecular formula is C17H21NO3. The van der Waals surface area contributed by atoms with E-state index in [1.54, 1.807) is 26.4 Å². The molecule has 0 aromatic heterocycles. The number of ether oxygens (including phenoxy) is 2. The lowest BCUT2D eigenvalue weighted by molar-refractivity contribution is -0.126. The monoisotopic (exact) mass is 287 g/mol. The summed E-state index contributed by atoms with van der Waals surface area (Å²) in [4.78, 5) is 14.0. The molecule has 0 unspecified atom stereocenters. The maximum Gasteiger partial charge on any atom is 0.246 e. The topological polar surface area (TPSA) is 38.8 Å². The molecule has 21 heavy (non-hydrogen) atoms. The second-order valence-electron chi connectivity index (χ2n) is 4.87. The summed E-state index contributed by atoms with van der Waals surface area (Å²) < 4.78 is 10.6. The van der Waals surface area contributed by atoms with Crippen molar-refractivity contribution < 1.29 is 14.3 Å². The van der Waals surface area contributed by atoms with Crippen molar-refractivity contribution in [2.45, 2.75) is 19.9 Å². The molecule has 0 saturated carbocycles. The first kappa shape index (κ1) is 15.2. The molecule has 0 saturated heterocycles. The molecule has 0 aliphatic carbocycles. The molecule has 1 aliphatic rings. The van der Waals surface area contributed by atoms with Crippen LogP contribution in [-0.2, 0) is 17.8 Å². The van der Waals surface area contributed by atoms with Crippen LogP contribution in [0.2, 0.25) is 0 Å². The number of carbonyl (C=O) groups excluding carboxylic acids is 1. The first-order valence-corrected chi connectivity index (χ1v) is 7.01. The van der Waals surface area contributed by atoms with Crippen LogP contribution in [0.15, 0.2) is 36.4 Å². The molecule has 0 bridgehead atoms. The van der Waals surface area contributed by atoms with E-state index in [1.807, 2.05) is 36.1 Å². The van der Waals surface area contributed by atoms with Crippen LogP contribution in [-0.4, -0.2) is 31.6 Å². The first-order valence-electron chi connectivity index (χ1n) is 7.01. The van der Waals surface area contributed by atoms with Gasteiger partial charge in [0, 0.05) is 19.2 Å². The Hall–Kier alpha value is -2.23. The van der Waals surface area contributed by atoms with Crippen molar-refractivity contribution >= 4 is 5.91 Å². The average Bonchev–Trinajstić information content (AvgIpc) is 2.52. The normalized spacial score (nSPS) is 14.5. The Morgan fingerprint density at radius 3 is 2.43 bits per heavy atom. The van der Waals surface area contributed by atoms with Gasteiger partial charge in [0.2, 0.25) is 5.91 Å². The summed E-state index contributed by atoms with van der Waals surface area (Å²) in [5, 5.41) is 0. The molecule has 0 spiro atoms. The number of hydrogen-bond donors (Lipinski definition) is 0. The van der Waals surface area contributed by atoms with Crippen molar-refractivity contribution in [2.75, 3.05) is 20.8 Å². The Morgan fingerprint density at radius 1 is 1.14 bits per heavy atom. The summed E-state index contributed by atoms with van der Waals surface area (Å²) in [6, 6.07) is 3.97. The summed E-state index contributed by atoms with van der Waals surface area (Å²) >= 11 is 0. The fraction of sp³-hybridized carbons (Fsp3) is 0.353. The molecule has 0 fully saturated rings. The van der Waals surface area contributed by atoms with E-state index in [0.717, 1.165) is 24.3 Å². The highest BCUT2D eigenvalue weighted by molar-refractivity contribution is 5.88. The van der Waals surface area contributed by atoms with Crippen LogP contribution < -0.4 is 9.47 Å². The number of rotatable bonds is 4. The third-order valence-corrected chi connectivity index (χ3v) is 3.57. The predicted octanol–water partition coefficient (Wildman–Crippen LogP) is 2.72. The van der Waals surface area contributed by atoms with E-state index in [-0.39, 0.29) is 5.91 Å². The van der Waals surface area contributed by atoms with E-state index in [2.05, 4.69) is 0 Å². The molecule has 1 aliphatic heterocycles. The highest BCUT2D eigenvalue weighted by Crippen LogP contribution is 2.33. The Kier molecular flexibility index (Phi) is 5.04. The third kappa shape index (κ3) is 3.45. The zero-order valence-electron chi connectivity index (χ0n) is 12.8. The number of hydrogen-bond acceptors (Lipinski definition) is 3. The van der Waals surface area contributed by atoms with E-state index >= 15 is 0 Å². The Bertz CT molecular complexity index is 576. The van der Waals surface area contributed by atoms with E-state index in [1.165, 1.54) is 5.56 Å². The molecule has 1 heterocycles. The third-order valence-electron chi connectivity index (χ3n) is 3.57. The zero-order chi connectivity index (χ0) is 15.2. The van der Waals surface area contributed by atoms with Crippen LogP contribution in [0.5, 0.6) is 11.5 Å². The maximum atomic E-state index is 12.1. The van der Waals surface area contributed by atoms with Crippen molar-refractivity contribution in [1.29, 1.82) is 0 Å². The van der Waals surface area contributed by atoms with E-state index in [4.69, 9.17) is 9.47 Å². The second-order valence-corrected chi connectivity index (χ2v) is 4.87. The van der Waals surface area contributed by atoms with Gasteiger partial charge in [-0.3, -0.25) is 4.79 Å². The maximum absolute atomic E-state index is 12.1. The van der Waals surface area contributed by atoms with E-state index in [9.17, 15) is 4.79 Å². The van der Waals surface area contributed by atoms with Crippen LogP contribution in [0.25, 0.3) is 0 Å². The molecule has 0 N–H and O–H groups in total. The highest BCUT2D eigenvalue weighted by Gasteiger charge is 2.21. The zero-order valence-corrected chi connectivity index (χ0v) is 12.8. The number of nitrogens with zero attached hydrogens (tertiary/aromatic N) is 1. The lowest BCUT2D eigenvalue weighted by Crippen LogP contribution is -2.34. The molecule has 112 valence electrons. The van der Waals surface area contributed by atoms with Crippen LogP contribution in [0.4, 0.5) is 0 Å². The van der Waals surface area contributed by atoms with Crippen molar-refractivity contribution in [2.24, 2.45) is 0 Å². The number of amides is 1. The number of benzene rings is 1. The van der Waals surface area contributed by atoms with Gasteiger partial charge in [0.15, 0.2) is 11.5 Å². The number of allylic oxidation sites excluding steroid dienone is 3. The summed E-state index contributed by atoms with van der Waals surface area (Å²) in [6.07, 6.45) is 7.95.